The van der Waals surface area contributed by atoms with Crippen LogP contribution in [0.15, 0.2) is 31.6 Å². The van der Waals surface area contributed by atoms with E-state index in [-0.39, 0.29) is 6.41 Å². The molecular formula is C8H13N3O3. The summed E-state index contributed by atoms with van der Waals surface area (Å²) in [7, 11) is 1.94. The molecule has 0 fully saturated rings. The van der Waals surface area contributed by atoms with Gasteiger partial charge in [0.1, 0.15) is 0 Å². The average Bonchev–Trinajstić information content (AvgIpc) is 2.60. The Kier molecular flexibility index (Phi) is 13.9. The van der Waals surface area contributed by atoms with Crippen molar-refractivity contribution < 1.29 is 14.3 Å². The number of carbonyl (C=O) groups excluding carboxylic acids is 2. The third kappa shape index (κ3) is 16.5. The monoisotopic (exact) mass is 199 g/mol. The number of aromatic nitrogens is 2. The summed E-state index contributed by atoms with van der Waals surface area (Å²) >= 11 is 0. The molecule has 0 aliphatic rings. The number of primary amides is 1. The lowest BCUT2D eigenvalue weighted by Crippen LogP contribution is -1.82. The van der Waals surface area contributed by atoms with E-state index in [1.165, 1.54) is 0 Å². The quantitative estimate of drug-likeness (QED) is 0.529. The fourth-order valence-corrected chi connectivity index (χ4v) is 0.365. The normalized spacial score (nSPS) is 6.64. The van der Waals surface area contributed by atoms with Gasteiger partial charge >= 0.3 is 0 Å². The molecule has 0 aliphatic heterocycles. The van der Waals surface area contributed by atoms with Crippen LogP contribution < -0.4 is 5.73 Å². The number of amides is 1. The lowest BCUT2D eigenvalue weighted by Gasteiger charge is -1.76. The molecule has 0 aliphatic carbocycles. The van der Waals surface area contributed by atoms with Crippen LogP contribution in [0.4, 0.5) is 0 Å². The van der Waals surface area contributed by atoms with Gasteiger partial charge in [0.25, 0.3) is 6.47 Å². The minimum atomic E-state index is 0.250. The summed E-state index contributed by atoms with van der Waals surface area (Å²) in [6.45, 7) is 3.41. The van der Waals surface area contributed by atoms with Crippen molar-refractivity contribution in [3.05, 3.63) is 31.6 Å². The predicted octanol–water partition coefficient (Wildman–Crippen LogP) is -0.175. The number of carbonyl (C=O) groups is 2. The second-order valence-electron chi connectivity index (χ2n) is 1.76. The molecule has 2 N–H and O–H groups in total. The molecule has 6 heteroatoms. The van der Waals surface area contributed by atoms with Crippen LogP contribution in [-0.2, 0) is 21.4 Å². The maximum absolute atomic E-state index is 9.11. The predicted molar refractivity (Wildman–Crippen MR) is 50.8 cm³/mol. The van der Waals surface area contributed by atoms with Gasteiger partial charge in [-0.2, -0.15) is 0 Å². The van der Waals surface area contributed by atoms with Gasteiger partial charge in [-0.25, -0.2) is 4.98 Å². The molecule has 1 rings (SSSR count). The van der Waals surface area contributed by atoms with Crippen LogP contribution in [0, 0.1) is 0 Å². The Bertz CT molecular complexity index is 228. The summed E-state index contributed by atoms with van der Waals surface area (Å²) in [5, 5.41) is 0. The number of rotatable bonds is 2. The number of nitrogens with zero attached hydrogens (tertiary/aromatic N) is 2. The molecule has 1 aromatic heterocycles. The van der Waals surface area contributed by atoms with Gasteiger partial charge in [0, 0.05) is 19.4 Å². The first-order valence-electron chi connectivity index (χ1n) is 3.50. The van der Waals surface area contributed by atoms with Crippen molar-refractivity contribution >= 4 is 12.9 Å². The van der Waals surface area contributed by atoms with Crippen molar-refractivity contribution in [1.29, 1.82) is 0 Å². The van der Waals surface area contributed by atoms with E-state index in [4.69, 9.17) is 9.59 Å². The Labute approximate surface area is 82.0 Å². The number of hydrogen-bond donors (Lipinski definition) is 1. The van der Waals surface area contributed by atoms with Crippen molar-refractivity contribution in [2.24, 2.45) is 12.8 Å². The SMILES string of the molecule is C=COC=O.Cn1ccnc1.NC=O. The van der Waals surface area contributed by atoms with E-state index in [0.29, 0.717) is 6.47 Å². The molecule has 78 valence electrons. The second-order valence-corrected chi connectivity index (χ2v) is 1.76. The largest absolute Gasteiger partial charge is 0.437 e. The number of nitrogens with two attached hydrogens (primary N) is 1. The van der Waals surface area contributed by atoms with Gasteiger partial charge in [-0.15, -0.1) is 0 Å². The Morgan fingerprint density at radius 1 is 1.57 bits per heavy atom. The molecule has 0 bridgehead atoms. The molecule has 0 saturated heterocycles. The minimum Gasteiger partial charge on any atom is -0.437 e. The van der Waals surface area contributed by atoms with Crippen molar-refractivity contribution in [2.45, 2.75) is 0 Å². The summed E-state index contributed by atoms with van der Waals surface area (Å²) in [4.78, 5) is 21.5. The summed E-state index contributed by atoms with van der Waals surface area (Å²) in [5.41, 5.74) is 4.17. The minimum absolute atomic E-state index is 0.250. The fraction of sp³-hybridized carbons (Fsp3) is 0.125. The van der Waals surface area contributed by atoms with Gasteiger partial charge < -0.3 is 15.0 Å². The number of hydrogen-bond acceptors (Lipinski definition) is 4. The van der Waals surface area contributed by atoms with Crippen LogP contribution in [0.1, 0.15) is 0 Å². The van der Waals surface area contributed by atoms with Gasteiger partial charge in [0.2, 0.25) is 6.41 Å². The Hall–Kier alpha value is -2.11. The maximum atomic E-state index is 9.11. The second kappa shape index (κ2) is 13.5. The van der Waals surface area contributed by atoms with Crippen molar-refractivity contribution in [1.82, 2.24) is 9.55 Å². The molecule has 0 aromatic carbocycles. The number of aryl methyl sites for hydroxylation is 1. The highest BCUT2D eigenvalue weighted by atomic mass is 16.5. The molecule has 0 atom stereocenters. The van der Waals surface area contributed by atoms with Crippen LogP contribution in [-0.4, -0.2) is 22.4 Å². The summed E-state index contributed by atoms with van der Waals surface area (Å²) in [6.07, 6.45) is 6.70. The Morgan fingerprint density at radius 3 is 2.21 bits per heavy atom. The summed E-state index contributed by atoms with van der Waals surface area (Å²) in [6, 6.07) is 0. The topological polar surface area (TPSA) is 87.2 Å². The third-order valence-electron chi connectivity index (χ3n) is 0.788. The summed E-state index contributed by atoms with van der Waals surface area (Å²) < 4.78 is 5.81. The molecular weight excluding hydrogens is 186 g/mol. The standard InChI is InChI=1S/C4H6N2.C3H4O2.CH3NO/c1-6-3-2-5-4-6;1-2-5-3-4;2-1-3/h2-4H,1H3;2-3H,1H2;1H,(H2,2,3). The first-order valence-corrected chi connectivity index (χ1v) is 3.50. The fourth-order valence-electron chi connectivity index (χ4n) is 0.365. The highest BCUT2D eigenvalue weighted by molar-refractivity contribution is 5.42. The van der Waals surface area contributed by atoms with Crippen LogP contribution in [0.25, 0.3) is 0 Å². The molecule has 1 heterocycles. The van der Waals surface area contributed by atoms with E-state index in [1.54, 1.807) is 12.5 Å². The smallest absolute Gasteiger partial charge is 0.297 e. The molecule has 0 radical (unpaired) electrons. The van der Waals surface area contributed by atoms with Crippen LogP contribution in [0.3, 0.4) is 0 Å². The maximum Gasteiger partial charge on any atom is 0.297 e. The van der Waals surface area contributed by atoms with Gasteiger partial charge in [-0.3, -0.25) is 9.59 Å². The van der Waals surface area contributed by atoms with Crippen LogP contribution in [0.2, 0.25) is 0 Å². The molecule has 0 saturated carbocycles. The molecule has 6 nitrogen and oxygen atoms in total. The van der Waals surface area contributed by atoms with E-state index < -0.39 is 0 Å². The Balaban J connectivity index is 0. The van der Waals surface area contributed by atoms with E-state index in [9.17, 15) is 0 Å². The van der Waals surface area contributed by atoms with Crippen molar-refractivity contribution in [3.63, 3.8) is 0 Å². The lowest BCUT2D eigenvalue weighted by molar-refractivity contribution is -0.123. The third-order valence-corrected chi connectivity index (χ3v) is 0.788. The van der Waals surface area contributed by atoms with Crippen LogP contribution in [0.5, 0.6) is 0 Å². The Morgan fingerprint density at radius 2 is 2.14 bits per heavy atom. The van der Waals surface area contributed by atoms with Crippen molar-refractivity contribution in [3.8, 4) is 0 Å². The van der Waals surface area contributed by atoms with Crippen molar-refractivity contribution in [2.75, 3.05) is 0 Å². The number of ether oxygens (including phenoxy) is 1. The lowest BCUT2D eigenvalue weighted by atomic mass is 10.9. The van der Waals surface area contributed by atoms with Gasteiger partial charge in [-0.1, -0.05) is 6.58 Å². The van der Waals surface area contributed by atoms with Crippen LogP contribution >= 0.6 is 0 Å². The first-order chi connectivity index (χ1) is 6.72. The highest BCUT2D eigenvalue weighted by Crippen LogP contribution is 1.73. The van der Waals surface area contributed by atoms with E-state index in [1.807, 2.05) is 17.8 Å². The van der Waals surface area contributed by atoms with Gasteiger partial charge in [-0.05, 0) is 0 Å². The van der Waals surface area contributed by atoms with E-state index >= 15 is 0 Å². The number of imidazole rings is 1. The zero-order valence-electron chi connectivity index (χ0n) is 7.87. The van der Waals surface area contributed by atoms with Gasteiger partial charge in [0.05, 0.1) is 12.6 Å². The molecule has 0 spiro atoms. The van der Waals surface area contributed by atoms with E-state index in [2.05, 4.69) is 22.0 Å². The zero-order chi connectivity index (χ0) is 11.2. The molecule has 14 heavy (non-hydrogen) atoms. The molecule has 0 unspecified atom stereocenters. The highest BCUT2D eigenvalue weighted by Gasteiger charge is 1.69. The first kappa shape index (κ1) is 14.4. The molecule has 1 amide bonds. The zero-order valence-corrected chi connectivity index (χ0v) is 7.87. The van der Waals surface area contributed by atoms with Gasteiger partial charge in [0.15, 0.2) is 0 Å². The summed E-state index contributed by atoms with van der Waals surface area (Å²) in [5.74, 6) is 0. The average molecular weight is 199 g/mol. The van der Waals surface area contributed by atoms with E-state index in [0.717, 1.165) is 6.26 Å². The molecule has 1 aromatic rings.